The maximum atomic E-state index is 11.6. The number of nitrogens with zero attached hydrogens (tertiary/aromatic N) is 1. The van der Waals surface area contributed by atoms with Crippen molar-refractivity contribution < 1.29 is 14.7 Å². The standard InChI is InChI=1S/C14H17NO3/c1-15-12-9-10(3-2-4-14(17)18)5-6-11(12)7-8-13(15)16/h5-6,9H,2-4,7-8H2,1H3,(H,17,18). The van der Waals surface area contributed by atoms with Gasteiger partial charge in [-0.3, -0.25) is 9.59 Å². The van der Waals surface area contributed by atoms with Gasteiger partial charge in [-0.1, -0.05) is 12.1 Å². The number of benzene rings is 1. The highest BCUT2D eigenvalue weighted by molar-refractivity contribution is 5.95. The van der Waals surface area contributed by atoms with Gasteiger partial charge >= 0.3 is 5.97 Å². The topological polar surface area (TPSA) is 57.6 Å². The zero-order valence-corrected chi connectivity index (χ0v) is 10.5. The van der Waals surface area contributed by atoms with Crippen molar-refractivity contribution in [2.24, 2.45) is 0 Å². The number of carboxylic acids is 1. The first-order valence-corrected chi connectivity index (χ1v) is 6.18. The number of aliphatic carboxylic acids is 1. The fourth-order valence-electron chi connectivity index (χ4n) is 2.28. The molecule has 0 unspecified atom stereocenters. The Labute approximate surface area is 106 Å². The minimum Gasteiger partial charge on any atom is -0.481 e. The molecule has 1 aromatic carbocycles. The van der Waals surface area contributed by atoms with E-state index in [1.807, 2.05) is 18.2 Å². The summed E-state index contributed by atoms with van der Waals surface area (Å²) in [4.78, 5) is 23.8. The smallest absolute Gasteiger partial charge is 0.303 e. The lowest BCUT2D eigenvalue weighted by Gasteiger charge is -2.26. The van der Waals surface area contributed by atoms with Crippen molar-refractivity contribution >= 4 is 17.6 Å². The summed E-state index contributed by atoms with van der Waals surface area (Å²) in [5.41, 5.74) is 3.26. The number of aryl methyl sites for hydroxylation is 2. The maximum absolute atomic E-state index is 11.6. The average molecular weight is 247 g/mol. The van der Waals surface area contributed by atoms with E-state index in [1.54, 1.807) is 11.9 Å². The summed E-state index contributed by atoms with van der Waals surface area (Å²) in [5, 5.41) is 8.61. The largest absolute Gasteiger partial charge is 0.481 e. The van der Waals surface area contributed by atoms with E-state index in [0.29, 0.717) is 12.8 Å². The van der Waals surface area contributed by atoms with Gasteiger partial charge in [-0.15, -0.1) is 0 Å². The van der Waals surface area contributed by atoms with E-state index in [4.69, 9.17) is 5.11 Å². The highest BCUT2D eigenvalue weighted by atomic mass is 16.4. The zero-order chi connectivity index (χ0) is 13.1. The molecule has 0 saturated carbocycles. The van der Waals surface area contributed by atoms with Crippen LogP contribution in [-0.4, -0.2) is 24.0 Å². The highest BCUT2D eigenvalue weighted by Gasteiger charge is 2.20. The molecule has 1 aliphatic rings. The molecule has 0 spiro atoms. The molecule has 18 heavy (non-hydrogen) atoms. The minimum absolute atomic E-state index is 0.144. The normalized spacial score (nSPS) is 14.5. The number of fused-ring (bicyclic) bond motifs is 1. The molecule has 1 aromatic rings. The average Bonchev–Trinajstić information content (AvgIpc) is 2.34. The molecule has 0 atom stereocenters. The van der Waals surface area contributed by atoms with Gasteiger partial charge < -0.3 is 10.0 Å². The van der Waals surface area contributed by atoms with Crippen LogP contribution >= 0.6 is 0 Å². The minimum atomic E-state index is -0.764. The molecule has 96 valence electrons. The van der Waals surface area contributed by atoms with Crippen molar-refractivity contribution in [3.63, 3.8) is 0 Å². The summed E-state index contributed by atoms with van der Waals surface area (Å²) >= 11 is 0. The summed E-state index contributed by atoms with van der Waals surface area (Å²) in [6.45, 7) is 0. The fraction of sp³-hybridized carbons (Fsp3) is 0.429. The fourth-order valence-corrected chi connectivity index (χ4v) is 2.28. The SMILES string of the molecule is CN1C(=O)CCc2ccc(CCCC(=O)O)cc21. The number of rotatable bonds is 4. The summed E-state index contributed by atoms with van der Waals surface area (Å²) in [7, 11) is 1.79. The van der Waals surface area contributed by atoms with Gasteiger partial charge in [0, 0.05) is 25.6 Å². The van der Waals surface area contributed by atoms with Crippen LogP contribution in [0.5, 0.6) is 0 Å². The molecule has 2 rings (SSSR count). The van der Waals surface area contributed by atoms with Crippen molar-refractivity contribution in [1.29, 1.82) is 0 Å². The van der Waals surface area contributed by atoms with Crippen LogP contribution < -0.4 is 4.90 Å². The zero-order valence-electron chi connectivity index (χ0n) is 10.5. The van der Waals surface area contributed by atoms with E-state index in [0.717, 1.165) is 24.1 Å². The maximum Gasteiger partial charge on any atom is 0.303 e. The Morgan fingerprint density at radius 1 is 1.39 bits per heavy atom. The van der Waals surface area contributed by atoms with Gasteiger partial charge in [0.1, 0.15) is 0 Å². The van der Waals surface area contributed by atoms with Crippen molar-refractivity contribution in [1.82, 2.24) is 0 Å². The van der Waals surface area contributed by atoms with Crippen LogP contribution in [0.4, 0.5) is 5.69 Å². The number of carbonyl (C=O) groups is 2. The molecule has 1 amide bonds. The van der Waals surface area contributed by atoms with E-state index in [2.05, 4.69) is 0 Å². The van der Waals surface area contributed by atoms with Gasteiger partial charge in [-0.2, -0.15) is 0 Å². The number of hydrogen-bond donors (Lipinski definition) is 1. The Morgan fingerprint density at radius 3 is 2.89 bits per heavy atom. The number of carbonyl (C=O) groups excluding carboxylic acids is 1. The van der Waals surface area contributed by atoms with Crippen LogP contribution in [0, 0.1) is 0 Å². The predicted octanol–water partition coefficient (Wildman–Crippen LogP) is 2.00. The molecule has 0 aliphatic carbocycles. The first-order valence-electron chi connectivity index (χ1n) is 6.18. The monoisotopic (exact) mass is 247 g/mol. The molecule has 1 aliphatic heterocycles. The predicted molar refractivity (Wildman–Crippen MR) is 68.7 cm³/mol. The third-order valence-corrected chi connectivity index (χ3v) is 3.35. The Morgan fingerprint density at radius 2 is 2.17 bits per heavy atom. The molecular formula is C14H17NO3. The summed E-state index contributed by atoms with van der Waals surface area (Å²) < 4.78 is 0. The van der Waals surface area contributed by atoms with Crippen LogP contribution in [0.2, 0.25) is 0 Å². The quantitative estimate of drug-likeness (QED) is 0.885. The van der Waals surface area contributed by atoms with E-state index in [1.165, 1.54) is 5.56 Å². The third kappa shape index (κ3) is 2.70. The molecule has 1 N–H and O–H groups in total. The first kappa shape index (κ1) is 12.6. The van der Waals surface area contributed by atoms with Crippen molar-refractivity contribution in [2.45, 2.75) is 32.1 Å². The number of anilines is 1. The van der Waals surface area contributed by atoms with Crippen LogP contribution in [-0.2, 0) is 22.4 Å². The Balaban J connectivity index is 2.11. The van der Waals surface area contributed by atoms with Gasteiger partial charge in [-0.05, 0) is 36.5 Å². The van der Waals surface area contributed by atoms with Crippen LogP contribution in [0.1, 0.15) is 30.4 Å². The molecule has 4 nitrogen and oxygen atoms in total. The van der Waals surface area contributed by atoms with E-state index >= 15 is 0 Å². The Kier molecular flexibility index (Phi) is 3.65. The van der Waals surface area contributed by atoms with E-state index < -0.39 is 5.97 Å². The van der Waals surface area contributed by atoms with E-state index in [9.17, 15) is 9.59 Å². The molecule has 4 heteroatoms. The Bertz CT molecular complexity index is 482. The van der Waals surface area contributed by atoms with Gasteiger partial charge in [0.15, 0.2) is 0 Å². The van der Waals surface area contributed by atoms with E-state index in [-0.39, 0.29) is 12.3 Å². The molecule has 0 aromatic heterocycles. The molecular weight excluding hydrogens is 230 g/mol. The third-order valence-electron chi connectivity index (χ3n) is 3.35. The van der Waals surface area contributed by atoms with Gasteiger partial charge in [0.25, 0.3) is 0 Å². The number of hydrogen-bond acceptors (Lipinski definition) is 2. The van der Waals surface area contributed by atoms with Crippen LogP contribution in [0.15, 0.2) is 18.2 Å². The van der Waals surface area contributed by atoms with Crippen LogP contribution in [0.3, 0.4) is 0 Å². The molecule has 0 radical (unpaired) electrons. The van der Waals surface area contributed by atoms with Gasteiger partial charge in [-0.25, -0.2) is 0 Å². The summed E-state index contributed by atoms with van der Waals surface area (Å²) in [5.74, 6) is -0.620. The second-order valence-corrected chi connectivity index (χ2v) is 4.66. The van der Waals surface area contributed by atoms with Crippen molar-refractivity contribution in [3.8, 4) is 0 Å². The van der Waals surface area contributed by atoms with Crippen LogP contribution in [0.25, 0.3) is 0 Å². The highest BCUT2D eigenvalue weighted by Crippen LogP contribution is 2.28. The number of amides is 1. The Hall–Kier alpha value is -1.84. The molecule has 0 fully saturated rings. The molecule has 0 saturated heterocycles. The van der Waals surface area contributed by atoms with Crippen molar-refractivity contribution in [2.75, 3.05) is 11.9 Å². The second-order valence-electron chi connectivity index (χ2n) is 4.66. The lowest BCUT2D eigenvalue weighted by molar-refractivity contribution is -0.137. The summed E-state index contributed by atoms with van der Waals surface area (Å²) in [6.07, 6.45) is 2.93. The molecule has 1 heterocycles. The lowest BCUT2D eigenvalue weighted by atomic mass is 9.97. The lowest BCUT2D eigenvalue weighted by Crippen LogP contribution is -2.31. The van der Waals surface area contributed by atoms with Gasteiger partial charge in [0.05, 0.1) is 0 Å². The number of carboxylic acid groups (broad SMARTS) is 1. The first-order chi connectivity index (χ1) is 8.58. The second kappa shape index (κ2) is 5.21. The summed E-state index contributed by atoms with van der Waals surface area (Å²) in [6, 6.07) is 6.09. The molecule has 0 bridgehead atoms. The van der Waals surface area contributed by atoms with Gasteiger partial charge in [0.2, 0.25) is 5.91 Å². The van der Waals surface area contributed by atoms with Crippen molar-refractivity contribution in [3.05, 3.63) is 29.3 Å².